The Balaban J connectivity index is 2.43. The Hall–Kier alpha value is 0.130. The molecule has 2 nitrogen and oxygen atoms in total. The van der Waals surface area contributed by atoms with Gasteiger partial charge in [-0.25, -0.2) is 4.79 Å². The van der Waals surface area contributed by atoms with Gasteiger partial charge < -0.3 is 4.74 Å². The van der Waals surface area contributed by atoms with Gasteiger partial charge >= 0.3 is 5.97 Å². The molecule has 1 atom stereocenters. The molecule has 5 heteroatoms. The molecular formula is C18H28Br2O2S. The minimum atomic E-state index is -0.433. The maximum absolute atomic E-state index is 12.3. The number of carbonyl (C=O) groups is 1. The van der Waals surface area contributed by atoms with Crippen LogP contribution in [0.4, 0.5) is 0 Å². The molecule has 0 aromatic carbocycles. The molecule has 23 heavy (non-hydrogen) atoms. The van der Waals surface area contributed by atoms with Crippen LogP contribution < -0.4 is 0 Å². The number of rotatable bonds is 9. The zero-order valence-corrected chi connectivity index (χ0v) is 18.7. The highest BCUT2D eigenvalue weighted by Crippen LogP contribution is 2.33. The molecular weight excluding hydrogens is 440 g/mol. The van der Waals surface area contributed by atoms with Crippen LogP contribution in [0.25, 0.3) is 0 Å². The van der Waals surface area contributed by atoms with Crippen LogP contribution in [-0.4, -0.2) is 11.6 Å². The topological polar surface area (TPSA) is 26.3 Å². The van der Waals surface area contributed by atoms with E-state index in [-0.39, 0.29) is 5.97 Å². The molecule has 0 spiro atoms. The third-order valence-electron chi connectivity index (χ3n) is 3.96. The van der Waals surface area contributed by atoms with Crippen LogP contribution in [-0.2, 0) is 4.74 Å². The third-order valence-corrected chi connectivity index (χ3v) is 6.30. The van der Waals surface area contributed by atoms with Gasteiger partial charge in [-0.15, -0.1) is 11.3 Å². The van der Waals surface area contributed by atoms with Crippen molar-refractivity contribution in [3.8, 4) is 0 Å². The fraction of sp³-hybridized carbons (Fsp3) is 0.722. The zero-order chi connectivity index (χ0) is 17.6. The molecule has 1 aromatic rings. The third kappa shape index (κ3) is 8.17. The van der Waals surface area contributed by atoms with Gasteiger partial charge in [0, 0.05) is 0 Å². The van der Waals surface area contributed by atoms with Crippen molar-refractivity contribution in [2.24, 2.45) is 11.8 Å². The molecule has 1 unspecified atom stereocenters. The van der Waals surface area contributed by atoms with Gasteiger partial charge in [0.1, 0.15) is 5.60 Å². The van der Waals surface area contributed by atoms with Gasteiger partial charge in [-0.2, -0.15) is 0 Å². The lowest BCUT2D eigenvalue weighted by atomic mass is 9.91. The second kappa shape index (κ2) is 9.57. The van der Waals surface area contributed by atoms with Crippen molar-refractivity contribution in [2.45, 2.75) is 72.3 Å². The maximum atomic E-state index is 12.3. The Morgan fingerprint density at radius 3 is 2.39 bits per heavy atom. The number of ether oxygens (including phenoxy) is 1. The predicted octanol–water partition coefficient (Wildman–Crippen LogP) is 7.45. The highest BCUT2D eigenvalue weighted by molar-refractivity contribution is 9.12. The summed E-state index contributed by atoms with van der Waals surface area (Å²) < 4.78 is 7.46. The van der Waals surface area contributed by atoms with Crippen molar-refractivity contribution >= 4 is 49.2 Å². The Kier molecular flexibility index (Phi) is 8.81. The van der Waals surface area contributed by atoms with Gasteiger partial charge in [-0.05, 0) is 76.5 Å². The molecule has 0 saturated carbocycles. The molecule has 132 valence electrons. The van der Waals surface area contributed by atoms with E-state index >= 15 is 0 Å². The van der Waals surface area contributed by atoms with Gasteiger partial charge in [-0.3, -0.25) is 0 Å². The molecule has 0 bridgehead atoms. The number of hydrogen-bond acceptors (Lipinski definition) is 3. The lowest BCUT2D eigenvalue weighted by molar-refractivity contribution is -0.00697. The SMILES string of the molecule is CC(C)CCCC(C)CCC(C)(C)OC(=O)c1cc(Br)sc1Br. The van der Waals surface area contributed by atoms with Crippen molar-refractivity contribution in [1.82, 2.24) is 0 Å². The normalized spacial score (nSPS) is 13.4. The van der Waals surface area contributed by atoms with Gasteiger partial charge in [-0.1, -0.05) is 40.0 Å². The zero-order valence-electron chi connectivity index (χ0n) is 14.7. The minimum Gasteiger partial charge on any atom is -0.456 e. The summed E-state index contributed by atoms with van der Waals surface area (Å²) in [6.07, 6.45) is 5.82. The van der Waals surface area contributed by atoms with Crippen LogP contribution in [0.1, 0.15) is 77.1 Å². The summed E-state index contributed by atoms with van der Waals surface area (Å²) in [4.78, 5) is 12.3. The Labute approximate surface area is 161 Å². The van der Waals surface area contributed by atoms with Gasteiger partial charge in [0.25, 0.3) is 0 Å². The van der Waals surface area contributed by atoms with Gasteiger partial charge in [0.05, 0.1) is 13.1 Å². The first-order valence-corrected chi connectivity index (χ1v) is 10.7. The maximum Gasteiger partial charge on any atom is 0.340 e. The summed E-state index contributed by atoms with van der Waals surface area (Å²) in [6, 6.07) is 1.81. The molecule has 0 amide bonds. The van der Waals surface area contributed by atoms with Crippen LogP contribution in [0.2, 0.25) is 0 Å². The second-order valence-corrected chi connectivity index (χ2v) is 11.1. The fourth-order valence-electron chi connectivity index (χ4n) is 2.45. The summed E-state index contributed by atoms with van der Waals surface area (Å²) in [6.45, 7) is 10.8. The first-order valence-electron chi connectivity index (χ1n) is 8.29. The number of esters is 1. The van der Waals surface area contributed by atoms with Crippen molar-refractivity contribution in [1.29, 1.82) is 0 Å². The van der Waals surface area contributed by atoms with Crippen molar-refractivity contribution in [3.05, 3.63) is 19.2 Å². The summed E-state index contributed by atoms with van der Waals surface area (Å²) in [5.74, 6) is 1.20. The highest BCUT2D eigenvalue weighted by Gasteiger charge is 2.26. The molecule has 0 aliphatic carbocycles. The molecule has 0 aliphatic rings. The number of halogens is 2. The number of carbonyl (C=O) groups excluding carboxylic acids is 1. The lowest BCUT2D eigenvalue weighted by Gasteiger charge is -2.26. The van der Waals surface area contributed by atoms with E-state index in [1.807, 2.05) is 19.9 Å². The van der Waals surface area contributed by atoms with Crippen LogP contribution in [0.15, 0.2) is 13.6 Å². The smallest absolute Gasteiger partial charge is 0.340 e. The Morgan fingerprint density at radius 1 is 1.22 bits per heavy atom. The van der Waals surface area contributed by atoms with Crippen molar-refractivity contribution in [2.75, 3.05) is 0 Å². The largest absolute Gasteiger partial charge is 0.456 e. The summed E-state index contributed by atoms with van der Waals surface area (Å²) in [5, 5.41) is 0. The quantitative estimate of drug-likeness (QED) is 0.352. The van der Waals surface area contributed by atoms with Crippen LogP contribution in [0, 0.1) is 11.8 Å². The highest BCUT2D eigenvalue weighted by atomic mass is 79.9. The molecule has 1 heterocycles. The van der Waals surface area contributed by atoms with E-state index in [0.29, 0.717) is 11.5 Å². The molecule has 0 saturated heterocycles. The van der Waals surface area contributed by atoms with Crippen LogP contribution in [0.3, 0.4) is 0 Å². The van der Waals surface area contributed by atoms with E-state index in [1.54, 1.807) is 0 Å². The fourth-order valence-corrected chi connectivity index (χ4v) is 5.22. The summed E-state index contributed by atoms with van der Waals surface area (Å²) in [5.41, 5.74) is 0.164. The van der Waals surface area contributed by atoms with E-state index in [0.717, 1.165) is 26.3 Å². The lowest BCUT2D eigenvalue weighted by Crippen LogP contribution is -2.28. The molecule has 0 radical (unpaired) electrons. The molecule has 0 fully saturated rings. The van der Waals surface area contributed by atoms with Gasteiger partial charge in [0.15, 0.2) is 0 Å². The first kappa shape index (κ1) is 21.2. The minimum absolute atomic E-state index is 0.253. The first-order chi connectivity index (χ1) is 10.6. The monoisotopic (exact) mass is 466 g/mol. The predicted molar refractivity (Wildman–Crippen MR) is 106 cm³/mol. The van der Waals surface area contributed by atoms with E-state index in [4.69, 9.17) is 4.74 Å². The van der Waals surface area contributed by atoms with E-state index in [1.165, 1.54) is 30.6 Å². The second-order valence-electron chi connectivity index (χ2n) is 7.36. The van der Waals surface area contributed by atoms with E-state index in [9.17, 15) is 4.79 Å². The molecule has 1 aromatic heterocycles. The summed E-state index contributed by atoms with van der Waals surface area (Å²) in [7, 11) is 0. The Bertz CT molecular complexity index is 509. The summed E-state index contributed by atoms with van der Waals surface area (Å²) >= 11 is 8.30. The number of hydrogen-bond donors (Lipinski definition) is 0. The Morgan fingerprint density at radius 2 is 1.87 bits per heavy atom. The van der Waals surface area contributed by atoms with E-state index < -0.39 is 5.60 Å². The standard InChI is InChI=1S/C18H28Br2O2S/c1-12(2)7-6-8-13(3)9-10-18(4,5)22-17(21)14-11-15(19)23-16(14)20/h11-13H,6-10H2,1-5H3. The number of thiophene rings is 1. The van der Waals surface area contributed by atoms with Crippen molar-refractivity contribution < 1.29 is 9.53 Å². The van der Waals surface area contributed by atoms with E-state index in [2.05, 4.69) is 52.6 Å². The molecule has 1 rings (SSSR count). The average Bonchev–Trinajstić information content (AvgIpc) is 2.75. The van der Waals surface area contributed by atoms with Crippen LogP contribution >= 0.6 is 43.2 Å². The van der Waals surface area contributed by atoms with Crippen molar-refractivity contribution in [3.63, 3.8) is 0 Å². The molecule has 0 N–H and O–H groups in total. The van der Waals surface area contributed by atoms with Crippen LogP contribution in [0.5, 0.6) is 0 Å². The average molecular weight is 468 g/mol. The van der Waals surface area contributed by atoms with Gasteiger partial charge in [0.2, 0.25) is 0 Å². The molecule has 0 aliphatic heterocycles.